The molecule has 3 heteroatoms. The van der Waals surface area contributed by atoms with Gasteiger partial charge in [-0.3, -0.25) is 0 Å². The topological polar surface area (TPSA) is 9.23 Å². The van der Waals surface area contributed by atoms with Gasteiger partial charge in [-0.25, -0.2) is 0 Å². The molecule has 0 fully saturated rings. The van der Waals surface area contributed by atoms with Gasteiger partial charge in [0, 0.05) is 9.35 Å². The van der Waals surface area contributed by atoms with Crippen molar-refractivity contribution < 1.29 is 4.74 Å². The summed E-state index contributed by atoms with van der Waals surface area (Å²) in [6.07, 6.45) is 1.23. The first-order valence-corrected chi connectivity index (χ1v) is 7.36. The minimum atomic E-state index is 0.217. The maximum Gasteiger partial charge on any atom is 0.0918 e. The second-order valence-electron chi connectivity index (χ2n) is 3.85. The van der Waals surface area contributed by atoms with Crippen molar-refractivity contribution in [3.05, 3.63) is 56.7 Å². The van der Waals surface area contributed by atoms with Crippen molar-refractivity contribution >= 4 is 27.3 Å². The summed E-state index contributed by atoms with van der Waals surface area (Å²) in [4.78, 5) is 1.31. The SMILES string of the molecule is CC[C@@H](OCc1cccc(Br)c1)c1cccs1. The van der Waals surface area contributed by atoms with Crippen LogP contribution in [-0.4, -0.2) is 0 Å². The molecule has 0 aliphatic carbocycles. The summed E-state index contributed by atoms with van der Waals surface area (Å²) >= 11 is 5.23. The van der Waals surface area contributed by atoms with Gasteiger partial charge in [0.25, 0.3) is 0 Å². The normalized spacial score (nSPS) is 12.6. The highest BCUT2D eigenvalue weighted by Crippen LogP contribution is 2.26. The molecule has 2 aromatic rings. The standard InChI is InChI=1S/C14H15BrOS/c1-2-13(14-7-4-8-17-14)16-10-11-5-3-6-12(15)9-11/h3-9,13H,2,10H2,1H3/t13-/m1/s1. The minimum Gasteiger partial charge on any atom is -0.368 e. The van der Waals surface area contributed by atoms with Crippen molar-refractivity contribution in [2.75, 3.05) is 0 Å². The molecule has 2 rings (SSSR count). The highest BCUT2D eigenvalue weighted by molar-refractivity contribution is 9.10. The summed E-state index contributed by atoms with van der Waals surface area (Å²) in [6.45, 7) is 2.82. The maximum absolute atomic E-state index is 5.97. The van der Waals surface area contributed by atoms with E-state index in [4.69, 9.17) is 4.74 Å². The Bertz CT molecular complexity index is 453. The number of hydrogen-bond acceptors (Lipinski definition) is 2. The third-order valence-electron chi connectivity index (χ3n) is 2.57. The van der Waals surface area contributed by atoms with Crippen LogP contribution >= 0.6 is 27.3 Å². The molecule has 0 N–H and O–H groups in total. The van der Waals surface area contributed by atoms with Crippen molar-refractivity contribution in [1.29, 1.82) is 0 Å². The number of benzene rings is 1. The van der Waals surface area contributed by atoms with E-state index in [1.807, 2.05) is 12.1 Å². The maximum atomic E-state index is 5.97. The fourth-order valence-corrected chi connectivity index (χ4v) is 3.00. The predicted octanol–water partition coefficient (Wildman–Crippen LogP) is 5.18. The number of halogens is 1. The van der Waals surface area contributed by atoms with Crippen molar-refractivity contribution in [3.63, 3.8) is 0 Å². The van der Waals surface area contributed by atoms with Crippen LogP contribution < -0.4 is 0 Å². The monoisotopic (exact) mass is 310 g/mol. The third kappa shape index (κ3) is 3.66. The van der Waals surface area contributed by atoms with Gasteiger partial charge in [0.2, 0.25) is 0 Å². The Morgan fingerprint density at radius 1 is 1.29 bits per heavy atom. The molecule has 0 unspecified atom stereocenters. The summed E-state index contributed by atoms with van der Waals surface area (Å²) in [7, 11) is 0. The third-order valence-corrected chi connectivity index (χ3v) is 4.03. The van der Waals surface area contributed by atoms with Crippen molar-refractivity contribution in [2.45, 2.75) is 26.1 Å². The molecule has 0 radical (unpaired) electrons. The Hall–Kier alpha value is -0.640. The van der Waals surface area contributed by atoms with E-state index in [1.54, 1.807) is 11.3 Å². The zero-order valence-corrected chi connectivity index (χ0v) is 12.1. The quantitative estimate of drug-likeness (QED) is 0.739. The van der Waals surface area contributed by atoms with Gasteiger partial charge in [0.05, 0.1) is 12.7 Å². The van der Waals surface area contributed by atoms with Gasteiger partial charge in [-0.2, -0.15) is 0 Å². The van der Waals surface area contributed by atoms with Crippen LogP contribution in [0.25, 0.3) is 0 Å². The van der Waals surface area contributed by atoms with Gasteiger partial charge in [-0.1, -0.05) is 41.1 Å². The van der Waals surface area contributed by atoms with Crippen LogP contribution in [0.2, 0.25) is 0 Å². The van der Waals surface area contributed by atoms with Crippen LogP contribution in [0.3, 0.4) is 0 Å². The number of rotatable bonds is 5. The molecule has 17 heavy (non-hydrogen) atoms. The lowest BCUT2D eigenvalue weighted by atomic mass is 10.2. The Morgan fingerprint density at radius 3 is 2.82 bits per heavy atom. The first-order valence-electron chi connectivity index (χ1n) is 5.69. The second-order valence-corrected chi connectivity index (χ2v) is 5.75. The van der Waals surface area contributed by atoms with Gasteiger partial charge in [0.15, 0.2) is 0 Å². The molecule has 0 aliphatic heterocycles. The van der Waals surface area contributed by atoms with Gasteiger partial charge in [-0.05, 0) is 35.6 Å². The molecule has 1 nitrogen and oxygen atoms in total. The van der Waals surface area contributed by atoms with E-state index in [0.717, 1.165) is 10.9 Å². The number of hydrogen-bond donors (Lipinski definition) is 0. The Morgan fingerprint density at radius 2 is 2.18 bits per heavy atom. The predicted molar refractivity (Wildman–Crippen MR) is 76.3 cm³/mol. The molecule has 1 aromatic carbocycles. The van der Waals surface area contributed by atoms with Crippen LogP contribution in [0.15, 0.2) is 46.3 Å². The van der Waals surface area contributed by atoms with E-state index < -0.39 is 0 Å². The van der Waals surface area contributed by atoms with Crippen molar-refractivity contribution in [1.82, 2.24) is 0 Å². The second kappa shape index (κ2) is 6.34. The number of ether oxygens (including phenoxy) is 1. The van der Waals surface area contributed by atoms with E-state index >= 15 is 0 Å². The van der Waals surface area contributed by atoms with Gasteiger partial charge in [0.1, 0.15) is 0 Å². The fraction of sp³-hybridized carbons (Fsp3) is 0.286. The lowest BCUT2D eigenvalue weighted by Crippen LogP contribution is -2.01. The lowest BCUT2D eigenvalue weighted by Gasteiger charge is -2.14. The van der Waals surface area contributed by atoms with E-state index in [1.165, 1.54) is 10.4 Å². The summed E-state index contributed by atoms with van der Waals surface area (Å²) < 4.78 is 7.07. The average molecular weight is 311 g/mol. The first-order chi connectivity index (χ1) is 8.29. The molecular formula is C14H15BrOS. The summed E-state index contributed by atoms with van der Waals surface area (Å²) in [5, 5.41) is 2.10. The van der Waals surface area contributed by atoms with Gasteiger partial charge >= 0.3 is 0 Å². The van der Waals surface area contributed by atoms with E-state index in [-0.39, 0.29) is 6.10 Å². The largest absolute Gasteiger partial charge is 0.368 e. The average Bonchev–Trinajstić information content (AvgIpc) is 2.84. The Labute approximate surface area is 115 Å². The molecule has 0 saturated carbocycles. The van der Waals surface area contributed by atoms with Crippen molar-refractivity contribution in [2.24, 2.45) is 0 Å². The molecule has 0 amide bonds. The molecule has 0 bridgehead atoms. The van der Waals surface area contributed by atoms with Crippen LogP contribution in [0.4, 0.5) is 0 Å². The van der Waals surface area contributed by atoms with Gasteiger partial charge in [-0.15, -0.1) is 11.3 Å². The zero-order valence-electron chi connectivity index (χ0n) is 9.73. The molecule has 1 atom stereocenters. The van der Waals surface area contributed by atoms with E-state index in [9.17, 15) is 0 Å². The first kappa shape index (κ1) is 12.8. The molecule has 0 saturated heterocycles. The van der Waals surface area contributed by atoms with E-state index in [0.29, 0.717) is 6.61 Å². The van der Waals surface area contributed by atoms with E-state index in [2.05, 4.69) is 52.5 Å². The number of thiophene rings is 1. The summed E-state index contributed by atoms with van der Waals surface area (Å²) in [5.74, 6) is 0. The van der Waals surface area contributed by atoms with Crippen LogP contribution in [-0.2, 0) is 11.3 Å². The molecule has 0 aliphatic rings. The molecule has 1 aromatic heterocycles. The minimum absolute atomic E-state index is 0.217. The Balaban J connectivity index is 1.97. The summed E-state index contributed by atoms with van der Waals surface area (Å²) in [6, 6.07) is 12.5. The lowest BCUT2D eigenvalue weighted by molar-refractivity contribution is 0.0395. The van der Waals surface area contributed by atoms with Crippen molar-refractivity contribution in [3.8, 4) is 0 Å². The fourth-order valence-electron chi connectivity index (χ4n) is 1.70. The van der Waals surface area contributed by atoms with Crippen LogP contribution in [0.5, 0.6) is 0 Å². The summed E-state index contributed by atoms with van der Waals surface area (Å²) in [5.41, 5.74) is 1.20. The highest BCUT2D eigenvalue weighted by atomic mass is 79.9. The van der Waals surface area contributed by atoms with Crippen LogP contribution in [0, 0.1) is 0 Å². The molecule has 1 heterocycles. The van der Waals surface area contributed by atoms with Crippen LogP contribution in [0.1, 0.15) is 29.9 Å². The van der Waals surface area contributed by atoms with Gasteiger partial charge < -0.3 is 4.74 Å². The molecule has 0 spiro atoms. The smallest absolute Gasteiger partial charge is 0.0918 e. The molecule has 90 valence electrons. The molecular weight excluding hydrogens is 296 g/mol. The zero-order chi connectivity index (χ0) is 12.1. The highest BCUT2D eigenvalue weighted by Gasteiger charge is 2.10. The Kier molecular flexibility index (Phi) is 4.77.